The number of aromatic nitrogens is 4. The minimum Gasteiger partial charge on any atom is -0.490 e. The van der Waals surface area contributed by atoms with Crippen molar-refractivity contribution in [2.24, 2.45) is 0 Å². The first-order valence-corrected chi connectivity index (χ1v) is 10.4. The summed E-state index contributed by atoms with van der Waals surface area (Å²) in [6.45, 7) is 1.59. The molecule has 0 amide bonds. The lowest BCUT2D eigenvalue weighted by molar-refractivity contribution is -0.139. The van der Waals surface area contributed by atoms with Gasteiger partial charge in [0.1, 0.15) is 30.5 Å². The molecule has 5 rings (SSSR count). The summed E-state index contributed by atoms with van der Waals surface area (Å²) in [6.07, 6.45) is 3.26. The number of halogens is 3. The standard InChI is InChI=1S/C21H24F3N5O/c22-21(23,24)13-28-11-8-17-18(28)2-1-3-19(17)30-16-6-9-27(10-7-16)12-20-26-25-14-29(20)15-4-5-15/h1-3,8,11,14-16H,4-7,9-10,12-13H2. The van der Waals surface area contributed by atoms with Crippen molar-refractivity contribution in [2.45, 2.75) is 57.1 Å². The first kappa shape index (κ1) is 19.4. The van der Waals surface area contributed by atoms with Gasteiger partial charge in [-0.25, -0.2) is 0 Å². The minimum atomic E-state index is -4.25. The maximum atomic E-state index is 12.8. The number of ether oxygens (including phenoxy) is 1. The fourth-order valence-corrected chi connectivity index (χ4v) is 4.23. The van der Waals surface area contributed by atoms with Gasteiger partial charge in [-0.05, 0) is 43.9 Å². The molecule has 2 aromatic heterocycles. The van der Waals surface area contributed by atoms with E-state index in [0.29, 0.717) is 17.3 Å². The van der Waals surface area contributed by atoms with E-state index in [9.17, 15) is 13.2 Å². The van der Waals surface area contributed by atoms with Crippen LogP contribution in [0.5, 0.6) is 5.75 Å². The fourth-order valence-electron chi connectivity index (χ4n) is 4.23. The van der Waals surface area contributed by atoms with Crippen molar-refractivity contribution < 1.29 is 17.9 Å². The molecular formula is C21H24F3N5O. The summed E-state index contributed by atoms with van der Waals surface area (Å²) in [6, 6.07) is 7.57. The van der Waals surface area contributed by atoms with Gasteiger partial charge < -0.3 is 13.9 Å². The molecule has 0 N–H and O–H groups in total. The number of benzene rings is 1. The second-order valence-electron chi connectivity index (χ2n) is 8.23. The van der Waals surface area contributed by atoms with Gasteiger partial charge in [-0.1, -0.05) is 6.07 Å². The van der Waals surface area contributed by atoms with Crippen molar-refractivity contribution in [3.05, 3.63) is 42.6 Å². The molecule has 0 radical (unpaired) electrons. The van der Waals surface area contributed by atoms with E-state index in [4.69, 9.17) is 4.74 Å². The van der Waals surface area contributed by atoms with Crippen LogP contribution in [-0.4, -0.2) is 49.6 Å². The molecular weight excluding hydrogens is 395 g/mol. The van der Waals surface area contributed by atoms with E-state index >= 15 is 0 Å². The summed E-state index contributed by atoms with van der Waals surface area (Å²) in [4.78, 5) is 2.36. The maximum absolute atomic E-state index is 12.8. The zero-order valence-electron chi connectivity index (χ0n) is 16.6. The Morgan fingerprint density at radius 3 is 2.60 bits per heavy atom. The summed E-state index contributed by atoms with van der Waals surface area (Å²) in [5.74, 6) is 1.67. The molecule has 0 bridgehead atoms. The number of hydrogen-bond donors (Lipinski definition) is 0. The average molecular weight is 419 g/mol. The average Bonchev–Trinajstić information content (AvgIpc) is 3.32. The monoisotopic (exact) mass is 419 g/mol. The SMILES string of the molecule is FC(F)(F)Cn1ccc2c(OC3CCN(Cc4nncn4C4CC4)CC3)cccc21. The summed E-state index contributed by atoms with van der Waals surface area (Å²) in [7, 11) is 0. The number of fused-ring (bicyclic) bond motifs is 1. The van der Waals surface area contributed by atoms with Gasteiger partial charge >= 0.3 is 6.18 Å². The van der Waals surface area contributed by atoms with Crippen LogP contribution in [-0.2, 0) is 13.1 Å². The number of hydrogen-bond acceptors (Lipinski definition) is 4. The van der Waals surface area contributed by atoms with Gasteiger partial charge in [0.2, 0.25) is 0 Å². The number of nitrogens with zero attached hydrogens (tertiary/aromatic N) is 5. The van der Waals surface area contributed by atoms with Crippen LogP contribution in [0.25, 0.3) is 10.9 Å². The zero-order chi connectivity index (χ0) is 20.7. The lowest BCUT2D eigenvalue weighted by Gasteiger charge is -2.32. The first-order chi connectivity index (χ1) is 14.5. The van der Waals surface area contributed by atoms with Crippen molar-refractivity contribution in [3.63, 3.8) is 0 Å². The Hall–Kier alpha value is -2.55. The number of alkyl halides is 3. The molecule has 1 aliphatic carbocycles. The van der Waals surface area contributed by atoms with E-state index < -0.39 is 12.7 Å². The molecule has 1 saturated carbocycles. The van der Waals surface area contributed by atoms with Gasteiger partial charge in [0, 0.05) is 30.7 Å². The molecule has 2 fully saturated rings. The van der Waals surface area contributed by atoms with Crippen LogP contribution in [0.2, 0.25) is 0 Å². The van der Waals surface area contributed by atoms with E-state index in [1.807, 2.05) is 12.4 Å². The Morgan fingerprint density at radius 2 is 1.87 bits per heavy atom. The molecule has 3 aromatic rings. The van der Waals surface area contributed by atoms with Crippen molar-refractivity contribution in [1.82, 2.24) is 24.2 Å². The normalized spacial score (nSPS) is 18.9. The predicted molar refractivity (Wildman–Crippen MR) is 105 cm³/mol. The van der Waals surface area contributed by atoms with Crippen molar-refractivity contribution in [3.8, 4) is 5.75 Å². The molecule has 0 spiro atoms. The molecule has 1 aliphatic heterocycles. The van der Waals surface area contributed by atoms with Gasteiger partial charge in [-0.3, -0.25) is 4.90 Å². The van der Waals surface area contributed by atoms with Gasteiger partial charge in [-0.2, -0.15) is 13.2 Å². The topological polar surface area (TPSA) is 48.1 Å². The van der Waals surface area contributed by atoms with Crippen LogP contribution in [0.15, 0.2) is 36.8 Å². The van der Waals surface area contributed by atoms with Gasteiger partial charge in [-0.15, -0.1) is 10.2 Å². The molecule has 6 nitrogen and oxygen atoms in total. The van der Waals surface area contributed by atoms with Crippen molar-refractivity contribution in [1.29, 1.82) is 0 Å². The summed E-state index contributed by atoms with van der Waals surface area (Å²) >= 11 is 0. The summed E-state index contributed by atoms with van der Waals surface area (Å²) in [5, 5.41) is 9.06. The minimum absolute atomic E-state index is 0.0547. The van der Waals surface area contributed by atoms with Gasteiger partial charge in [0.05, 0.1) is 12.1 Å². The second kappa shape index (κ2) is 7.61. The molecule has 0 unspecified atom stereocenters. The molecule has 160 valence electrons. The highest BCUT2D eigenvalue weighted by Gasteiger charge is 2.29. The largest absolute Gasteiger partial charge is 0.490 e. The lowest BCUT2D eigenvalue weighted by Crippen LogP contribution is -2.38. The van der Waals surface area contributed by atoms with E-state index in [1.165, 1.54) is 23.6 Å². The van der Waals surface area contributed by atoms with Crippen molar-refractivity contribution >= 4 is 10.9 Å². The number of likely N-dealkylation sites (tertiary alicyclic amines) is 1. The smallest absolute Gasteiger partial charge is 0.406 e. The third-order valence-corrected chi connectivity index (χ3v) is 5.90. The number of piperidine rings is 1. The highest BCUT2D eigenvalue weighted by Crippen LogP contribution is 2.35. The van der Waals surface area contributed by atoms with Crippen LogP contribution in [0.4, 0.5) is 13.2 Å². The molecule has 2 aliphatic rings. The Morgan fingerprint density at radius 1 is 1.07 bits per heavy atom. The zero-order valence-corrected chi connectivity index (χ0v) is 16.6. The fraction of sp³-hybridized carbons (Fsp3) is 0.524. The molecule has 1 saturated heterocycles. The third-order valence-electron chi connectivity index (χ3n) is 5.90. The Bertz CT molecular complexity index is 1020. The molecule has 1 aromatic carbocycles. The Labute approximate surface area is 172 Å². The predicted octanol–water partition coefficient (Wildman–Crippen LogP) is 4.17. The summed E-state index contributed by atoms with van der Waals surface area (Å²) in [5.41, 5.74) is 0.543. The maximum Gasteiger partial charge on any atom is 0.406 e. The quantitative estimate of drug-likeness (QED) is 0.602. The van der Waals surface area contributed by atoms with E-state index in [-0.39, 0.29) is 6.10 Å². The third kappa shape index (κ3) is 4.16. The Kier molecular flexibility index (Phi) is 4.92. The van der Waals surface area contributed by atoms with E-state index in [1.54, 1.807) is 18.2 Å². The second-order valence-corrected chi connectivity index (χ2v) is 8.23. The first-order valence-electron chi connectivity index (χ1n) is 10.4. The van der Waals surface area contributed by atoms with Crippen LogP contribution in [0, 0.1) is 0 Å². The van der Waals surface area contributed by atoms with Crippen molar-refractivity contribution in [2.75, 3.05) is 13.1 Å². The Balaban J connectivity index is 1.21. The molecule has 3 heterocycles. The van der Waals surface area contributed by atoms with Crippen LogP contribution < -0.4 is 4.74 Å². The lowest BCUT2D eigenvalue weighted by atomic mass is 10.1. The van der Waals surface area contributed by atoms with Gasteiger partial charge in [0.25, 0.3) is 0 Å². The summed E-state index contributed by atoms with van der Waals surface area (Å²) < 4.78 is 48.0. The van der Waals surface area contributed by atoms with Crippen LogP contribution in [0.1, 0.15) is 37.5 Å². The van der Waals surface area contributed by atoms with Gasteiger partial charge in [0.15, 0.2) is 0 Å². The van der Waals surface area contributed by atoms with E-state index in [0.717, 1.165) is 43.7 Å². The molecule has 9 heteroatoms. The highest BCUT2D eigenvalue weighted by atomic mass is 19.4. The molecule has 0 atom stereocenters. The highest BCUT2D eigenvalue weighted by molar-refractivity contribution is 5.86. The van der Waals surface area contributed by atoms with Crippen LogP contribution in [0.3, 0.4) is 0 Å². The van der Waals surface area contributed by atoms with E-state index in [2.05, 4.69) is 19.7 Å². The number of rotatable bonds is 6. The van der Waals surface area contributed by atoms with Crippen LogP contribution >= 0.6 is 0 Å². The molecule has 30 heavy (non-hydrogen) atoms.